The van der Waals surface area contributed by atoms with Crippen LogP contribution in [0.1, 0.15) is 23.6 Å². The molecule has 1 N–H and O–H groups in total. The zero-order valence-corrected chi connectivity index (χ0v) is 12.3. The van der Waals surface area contributed by atoms with E-state index in [-0.39, 0.29) is 0 Å². The SMILES string of the molecule is COc1ccc([C@@H](CC(F)(F)F)N2CCNCC2)c(C)c1. The van der Waals surface area contributed by atoms with E-state index in [1.165, 1.54) is 0 Å². The molecule has 1 fully saturated rings. The summed E-state index contributed by atoms with van der Waals surface area (Å²) in [6.07, 6.45) is -5.00. The van der Waals surface area contributed by atoms with E-state index in [0.717, 1.165) is 24.2 Å². The number of halogens is 3. The highest BCUT2D eigenvalue weighted by Crippen LogP contribution is 2.36. The smallest absolute Gasteiger partial charge is 0.390 e. The molecule has 0 aromatic heterocycles. The highest BCUT2D eigenvalue weighted by molar-refractivity contribution is 5.37. The summed E-state index contributed by atoms with van der Waals surface area (Å²) in [6, 6.07) is 4.65. The highest BCUT2D eigenvalue weighted by Gasteiger charge is 2.36. The number of hydrogen-bond donors (Lipinski definition) is 1. The lowest BCUT2D eigenvalue weighted by molar-refractivity contribution is -0.148. The van der Waals surface area contributed by atoms with Gasteiger partial charge in [0.25, 0.3) is 0 Å². The Bertz CT molecular complexity index is 470. The molecule has 1 atom stereocenters. The number of methoxy groups -OCH3 is 1. The van der Waals surface area contributed by atoms with Gasteiger partial charge in [-0.2, -0.15) is 13.2 Å². The Labute approximate surface area is 123 Å². The predicted octanol–water partition coefficient (Wildman–Crippen LogP) is 2.90. The second-order valence-electron chi connectivity index (χ2n) is 5.34. The molecular weight excluding hydrogens is 281 g/mol. The van der Waals surface area contributed by atoms with Crippen molar-refractivity contribution in [3.63, 3.8) is 0 Å². The zero-order chi connectivity index (χ0) is 15.5. The second-order valence-corrected chi connectivity index (χ2v) is 5.34. The molecule has 118 valence electrons. The van der Waals surface area contributed by atoms with Crippen LogP contribution in [-0.2, 0) is 0 Å². The second kappa shape index (κ2) is 6.66. The highest BCUT2D eigenvalue weighted by atomic mass is 19.4. The zero-order valence-electron chi connectivity index (χ0n) is 12.3. The molecule has 2 rings (SSSR count). The van der Waals surface area contributed by atoms with E-state index >= 15 is 0 Å². The van der Waals surface area contributed by atoms with Crippen molar-refractivity contribution in [1.29, 1.82) is 0 Å². The van der Waals surface area contributed by atoms with Crippen molar-refractivity contribution < 1.29 is 17.9 Å². The van der Waals surface area contributed by atoms with E-state index in [4.69, 9.17) is 4.74 Å². The molecule has 1 aromatic carbocycles. The van der Waals surface area contributed by atoms with Gasteiger partial charge >= 0.3 is 6.18 Å². The summed E-state index contributed by atoms with van der Waals surface area (Å²) in [4.78, 5) is 1.92. The lowest BCUT2D eigenvalue weighted by atomic mass is 9.96. The van der Waals surface area contributed by atoms with E-state index in [1.807, 2.05) is 11.8 Å². The van der Waals surface area contributed by atoms with Crippen LogP contribution in [0.4, 0.5) is 13.2 Å². The molecule has 1 aliphatic heterocycles. The monoisotopic (exact) mass is 302 g/mol. The third kappa shape index (κ3) is 4.35. The van der Waals surface area contributed by atoms with Crippen LogP contribution in [0.25, 0.3) is 0 Å². The first kappa shape index (κ1) is 16.1. The molecule has 0 amide bonds. The average Bonchev–Trinajstić information content (AvgIpc) is 2.45. The molecule has 0 radical (unpaired) electrons. The minimum Gasteiger partial charge on any atom is -0.497 e. The van der Waals surface area contributed by atoms with Crippen molar-refractivity contribution >= 4 is 0 Å². The van der Waals surface area contributed by atoms with E-state index in [9.17, 15) is 13.2 Å². The quantitative estimate of drug-likeness (QED) is 0.925. The first-order chi connectivity index (χ1) is 9.90. The van der Waals surface area contributed by atoms with Crippen molar-refractivity contribution in [1.82, 2.24) is 10.2 Å². The Kier molecular flexibility index (Phi) is 5.11. The van der Waals surface area contributed by atoms with Gasteiger partial charge in [0.1, 0.15) is 5.75 Å². The molecule has 0 saturated carbocycles. The Balaban J connectivity index is 2.29. The summed E-state index contributed by atoms with van der Waals surface area (Å²) in [5, 5.41) is 3.17. The molecule has 3 nitrogen and oxygen atoms in total. The van der Waals surface area contributed by atoms with Gasteiger partial charge in [-0.3, -0.25) is 4.90 Å². The molecule has 0 bridgehead atoms. The molecule has 0 spiro atoms. The molecule has 0 unspecified atom stereocenters. The molecule has 21 heavy (non-hydrogen) atoms. The van der Waals surface area contributed by atoms with Crippen molar-refractivity contribution in [3.05, 3.63) is 29.3 Å². The van der Waals surface area contributed by atoms with Gasteiger partial charge in [0.05, 0.1) is 13.5 Å². The Morgan fingerprint density at radius 3 is 2.48 bits per heavy atom. The van der Waals surface area contributed by atoms with Crippen molar-refractivity contribution in [2.24, 2.45) is 0 Å². The Morgan fingerprint density at radius 1 is 1.29 bits per heavy atom. The fraction of sp³-hybridized carbons (Fsp3) is 0.600. The fourth-order valence-corrected chi connectivity index (χ4v) is 2.80. The van der Waals surface area contributed by atoms with Crippen LogP contribution in [0.2, 0.25) is 0 Å². The third-order valence-corrected chi connectivity index (χ3v) is 3.85. The van der Waals surface area contributed by atoms with Crippen LogP contribution in [0, 0.1) is 6.92 Å². The van der Waals surface area contributed by atoms with Gasteiger partial charge in [0.2, 0.25) is 0 Å². The van der Waals surface area contributed by atoms with E-state index in [1.54, 1.807) is 25.3 Å². The summed E-state index contributed by atoms with van der Waals surface area (Å²) in [6.45, 7) is 4.55. The van der Waals surface area contributed by atoms with Crippen LogP contribution in [-0.4, -0.2) is 44.4 Å². The number of aryl methyl sites for hydroxylation is 1. The number of nitrogens with one attached hydrogen (secondary N) is 1. The van der Waals surface area contributed by atoms with Gasteiger partial charge in [0.15, 0.2) is 0 Å². The molecular formula is C15H21F3N2O. The first-order valence-electron chi connectivity index (χ1n) is 7.07. The van der Waals surface area contributed by atoms with Gasteiger partial charge in [-0.25, -0.2) is 0 Å². The van der Waals surface area contributed by atoms with Crippen molar-refractivity contribution in [2.45, 2.75) is 25.6 Å². The van der Waals surface area contributed by atoms with E-state index < -0.39 is 18.6 Å². The maximum Gasteiger partial charge on any atom is 0.390 e. The van der Waals surface area contributed by atoms with Crippen molar-refractivity contribution in [2.75, 3.05) is 33.3 Å². The Hall–Kier alpha value is -1.27. The topological polar surface area (TPSA) is 24.5 Å². The number of rotatable bonds is 4. The van der Waals surface area contributed by atoms with Crippen molar-refractivity contribution in [3.8, 4) is 5.75 Å². The average molecular weight is 302 g/mol. The number of nitrogens with zero attached hydrogens (tertiary/aromatic N) is 1. The lowest BCUT2D eigenvalue weighted by Crippen LogP contribution is -2.46. The van der Waals surface area contributed by atoms with Crippen LogP contribution in [0.5, 0.6) is 5.75 Å². The maximum atomic E-state index is 13.0. The molecule has 1 aliphatic rings. The van der Waals surface area contributed by atoms with E-state index in [0.29, 0.717) is 18.8 Å². The van der Waals surface area contributed by atoms with Gasteiger partial charge in [-0.05, 0) is 30.2 Å². The number of piperazine rings is 1. The van der Waals surface area contributed by atoms with Gasteiger partial charge < -0.3 is 10.1 Å². The normalized spacial score (nSPS) is 18.5. The summed E-state index contributed by atoms with van der Waals surface area (Å²) in [7, 11) is 1.55. The Morgan fingerprint density at radius 2 is 1.95 bits per heavy atom. The summed E-state index contributed by atoms with van der Waals surface area (Å²) in [5.41, 5.74) is 1.57. The molecule has 1 saturated heterocycles. The summed E-state index contributed by atoms with van der Waals surface area (Å²) in [5.74, 6) is 0.669. The lowest BCUT2D eigenvalue weighted by Gasteiger charge is -2.36. The molecule has 1 heterocycles. The minimum atomic E-state index is -4.18. The standard InChI is InChI=1S/C15H21F3N2O/c1-11-9-12(21-2)3-4-13(11)14(10-15(16,17)18)20-7-5-19-6-8-20/h3-4,9,14,19H,5-8,10H2,1-2H3/t14-/m1/s1. The minimum absolute atomic E-state index is 0.627. The van der Waals surface area contributed by atoms with Gasteiger partial charge in [-0.1, -0.05) is 6.07 Å². The first-order valence-corrected chi connectivity index (χ1v) is 7.07. The van der Waals surface area contributed by atoms with Crippen LogP contribution >= 0.6 is 0 Å². The number of ether oxygens (including phenoxy) is 1. The summed E-state index contributed by atoms with van der Waals surface area (Å²) >= 11 is 0. The third-order valence-electron chi connectivity index (χ3n) is 3.85. The number of alkyl halides is 3. The summed E-state index contributed by atoms with van der Waals surface area (Å²) < 4.78 is 44.0. The molecule has 6 heteroatoms. The number of hydrogen-bond acceptors (Lipinski definition) is 3. The maximum absolute atomic E-state index is 13.0. The van der Waals surface area contributed by atoms with E-state index in [2.05, 4.69) is 5.32 Å². The largest absolute Gasteiger partial charge is 0.497 e. The number of benzene rings is 1. The van der Waals surface area contributed by atoms with Gasteiger partial charge in [0, 0.05) is 32.2 Å². The van der Waals surface area contributed by atoms with Gasteiger partial charge in [-0.15, -0.1) is 0 Å². The van der Waals surface area contributed by atoms with Crippen LogP contribution in [0.15, 0.2) is 18.2 Å². The van der Waals surface area contributed by atoms with Crippen LogP contribution < -0.4 is 10.1 Å². The predicted molar refractivity (Wildman–Crippen MR) is 75.6 cm³/mol. The fourth-order valence-electron chi connectivity index (χ4n) is 2.80. The molecule has 1 aromatic rings. The van der Waals surface area contributed by atoms with Crippen LogP contribution in [0.3, 0.4) is 0 Å². The molecule has 0 aliphatic carbocycles.